The van der Waals surface area contributed by atoms with Crippen LogP contribution in [0.5, 0.6) is 0 Å². The highest BCUT2D eigenvalue weighted by Crippen LogP contribution is 2.04. The molecule has 0 aromatic carbocycles. The molecule has 1 aliphatic rings. The summed E-state index contributed by atoms with van der Waals surface area (Å²) in [7, 11) is 3.59. The summed E-state index contributed by atoms with van der Waals surface area (Å²) >= 11 is 0. The minimum atomic E-state index is 0. The Morgan fingerprint density at radius 2 is 2.30 bits per heavy atom. The van der Waals surface area contributed by atoms with Crippen LogP contribution in [0, 0.1) is 0 Å². The first-order valence-corrected chi connectivity index (χ1v) is 2.89. The maximum Gasteiger partial charge on any atom is 0.149 e. The molecule has 0 spiro atoms. The summed E-state index contributed by atoms with van der Waals surface area (Å²) in [5.74, 6) is 0.921. The maximum atomic E-state index is 3.98. The fraction of sp³-hybridized carbons (Fsp3) is 0.800. The summed E-state index contributed by atoms with van der Waals surface area (Å²) in [4.78, 5) is 3.98. The highest BCUT2D eigenvalue weighted by molar-refractivity contribution is 5.88. The predicted molar refractivity (Wildman–Crippen MR) is 43.2 cm³/mol. The Balaban J connectivity index is 0.000000810. The van der Waals surface area contributed by atoms with Gasteiger partial charge in [-0.25, -0.2) is 0 Å². The van der Waals surface area contributed by atoms with Gasteiger partial charge in [0.25, 0.3) is 0 Å². The van der Waals surface area contributed by atoms with Crippen molar-refractivity contribution >= 4 is 18.2 Å². The predicted octanol–water partition coefficient (Wildman–Crippen LogP) is 0.490. The Hall–Kier alpha value is -0.640. The highest BCUT2D eigenvalue weighted by atomic mass is 35.5. The van der Waals surface area contributed by atoms with E-state index in [1.165, 1.54) is 0 Å². The summed E-state index contributed by atoms with van der Waals surface area (Å²) in [6.45, 7) is 0.785. The second-order valence-corrected chi connectivity index (χ2v) is 1.81. The van der Waals surface area contributed by atoms with Crippen molar-refractivity contribution in [1.82, 2.24) is 5.32 Å². The molecule has 0 fully saturated rings. The zero-order valence-electron chi connectivity index (χ0n) is 6.03. The van der Waals surface area contributed by atoms with Crippen LogP contribution in [0.1, 0.15) is 0 Å². The molecule has 0 aromatic rings. The van der Waals surface area contributed by atoms with Crippen molar-refractivity contribution in [3.8, 4) is 0 Å². The zero-order chi connectivity index (χ0) is 6.69. The summed E-state index contributed by atoms with van der Waals surface area (Å²) in [5, 5.41) is 10.5. The number of azo groups is 1. The van der Waals surface area contributed by atoms with E-state index in [0.29, 0.717) is 0 Å². The standard InChI is InChI=1S/C5H10N4.ClH/c1-6-5(7-2)4-3-8-9-4;/h4H,3H2,1-2H3,(H,6,7);1H. The average Bonchev–Trinajstić information content (AvgIpc) is 1.78. The van der Waals surface area contributed by atoms with Crippen molar-refractivity contribution in [2.45, 2.75) is 6.04 Å². The summed E-state index contributed by atoms with van der Waals surface area (Å²) in [6.07, 6.45) is 0. The molecule has 1 rings (SSSR count). The lowest BCUT2D eigenvalue weighted by atomic mass is 10.2. The smallest absolute Gasteiger partial charge is 0.149 e. The van der Waals surface area contributed by atoms with Crippen molar-refractivity contribution in [3.63, 3.8) is 0 Å². The molecule has 1 atom stereocenters. The molecule has 0 saturated heterocycles. The first-order valence-electron chi connectivity index (χ1n) is 2.89. The van der Waals surface area contributed by atoms with Gasteiger partial charge in [-0.05, 0) is 0 Å². The molecule has 58 valence electrons. The SMILES string of the molecule is CN=C(NC)C1CN=N1.Cl. The maximum absolute atomic E-state index is 3.98. The monoisotopic (exact) mass is 162 g/mol. The third-order valence-electron chi connectivity index (χ3n) is 1.29. The number of likely N-dealkylation sites (N-methyl/N-ethyl adjacent to an activating group) is 1. The van der Waals surface area contributed by atoms with Crippen molar-refractivity contribution in [2.24, 2.45) is 15.2 Å². The lowest BCUT2D eigenvalue weighted by Gasteiger charge is -2.16. The van der Waals surface area contributed by atoms with E-state index in [0.717, 1.165) is 12.4 Å². The third-order valence-corrected chi connectivity index (χ3v) is 1.29. The van der Waals surface area contributed by atoms with Crippen LogP contribution in [0.3, 0.4) is 0 Å². The van der Waals surface area contributed by atoms with Gasteiger partial charge in [0.05, 0.1) is 6.54 Å². The Kier molecular flexibility index (Phi) is 3.95. The minimum absolute atomic E-state index is 0. The summed E-state index contributed by atoms with van der Waals surface area (Å²) < 4.78 is 0. The van der Waals surface area contributed by atoms with E-state index in [9.17, 15) is 0 Å². The van der Waals surface area contributed by atoms with Gasteiger partial charge in [0.1, 0.15) is 11.9 Å². The molecule has 0 amide bonds. The van der Waals surface area contributed by atoms with Gasteiger partial charge in [0.2, 0.25) is 0 Å². The van der Waals surface area contributed by atoms with Crippen LogP contribution in [0.15, 0.2) is 15.2 Å². The molecule has 10 heavy (non-hydrogen) atoms. The van der Waals surface area contributed by atoms with Gasteiger partial charge in [0, 0.05) is 14.1 Å². The van der Waals surface area contributed by atoms with Crippen LogP contribution in [0.25, 0.3) is 0 Å². The van der Waals surface area contributed by atoms with Gasteiger partial charge < -0.3 is 5.32 Å². The molecule has 0 saturated carbocycles. The number of amidine groups is 1. The van der Waals surface area contributed by atoms with Crippen LogP contribution in [0.4, 0.5) is 0 Å². The normalized spacial score (nSPS) is 23.0. The average molecular weight is 163 g/mol. The largest absolute Gasteiger partial charge is 0.375 e. The van der Waals surface area contributed by atoms with Crippen molar-refractivity contribution in [2.75, 3.05) is 20.6 Å². The Bertz CT molecular complexity index is 154. The molecule has 1 N–H and O–H groups in total. The third kappa shape index (κ3) is 1.67. The topological polar surface area (TPSA) is 49.1 Å². The Morgan fingerprint density at radius 1 is 1.70 bits per heavy atom. The number of halogens is 1. The molecular weight excluding hydrogens is 152 g/mol. The molecule has 4 nitrogen and oxygen atoms in total. The van der Waals surface area contributed by atoms with E-state index in [4.69, 9.17) is 0 Å². The van der Waals surface area contributed by atoms with Crippen molar-refractivity contribution in [3.05, 3.63) is 0 Å². The fourth-order valence-electron chi connectivity index (χ4n) is 0.732. The molecule has 1 unspecified atom stereocenters. The Labute approximate surface area is 66.2 Å². The van der Waals surface area contributed by atoms with Crippen LogP contribution in [0.2, 0.25) is 0 Å². The number of aliphatic imine (C=N–C) groups is 1. The van der Waals surface area contributed by atoms with Crippen molar-refractivity contribution in [1.29, 1.82) is 0 Å². The van der Waals surface area contributed by atoms with Crippen LogP contribution >= 0.6 is 12.4 Å². The molecule has 0 aliphatic carbocycles. The molecule has 0 aromatic heterocycles. The molecular formula is C5H11ClN4. The van der Waals surface area contributed by atoms with Gasteiger partial charge >= 0.3 is 0 Å². The number of hydrogen-bond acceptors (Lipinski definition) is 3. The Morgan fingerprint density at radius 3 is 2.40 bits per heavy atom. The van der Waals surface area contributed by atoms with Crippen LogP contribution < -0.4 is 5.32 Å². The minimum Gasteiger partial charge on any atom is -0.375 e. The first-order chi connectivity index (χ1) is 4.38. The van der Waals surface area contributed by atoms with E-state index in [2.05, 4.69) is 20.5 Å². The van der Waals surface area contributed by atoms with Gasteiger partial charge in [-0.2, -0.15) is 10.2 Å². The zero-order valence-corrected chi connectivity index (χ0v) is 6.85. The quantitative estimate of drug-likeness (QED) is 0.443. The molecule has 5 heteroatoms. The molecule has 0 bridgehead atoms. The fourth-order valence-corrected chi connectivity index (χ4v) is 0.732. The molecule has 1 heterocycles. The lowest BCUT2D eigenvalue weighted by molar-refractivity contribution is 0.641. The van der Waals surface area contributed by atoms with E-state index >= 15 is 0 Å². The number of hydrogen-bond donors (Lipinski definition) is 1. The number of nitrogens with one attached hydrogen (secondary N) is 1. The number of rotatable bonds is 1. The summed E-state index contributed by atoms with van der Waals surface area (Å²) in [5.41, 5.74) is 0. The van der Waals surface area contributed by atoms with Gasteiger partial charge in [-0.1, -0.05) is 0 Å². The molecule has 0 radical (unpaired) electrons. The van der Waals surface area contributed by atoms with Gasteiger partial charge in [-0.15, -0.1) is 12.4 Å². The molecule has 1 aliphatic heterocycles. The second kappa shape index (κ2) is 4.22. The first kappa shape index (κ1) is 9.36. The van der Waals surface area contributed by atoms with Crippen LogP contribution in [-0.2, 0) is 0 Å². The highest BCUT2D eigenvalue weighted by Gasteiger charge is 2.18. The van der Waals surface area contributed by atoms with E-state index in [1.807, 2.05) is 7.05 Å². The lowest BCUT2D eigenvalue weighted by Crippen LogP contribution is -2.36. The van der Waals surface area contributed by atoms with Crippen LogP contribution in [-0.4, -0.2) is 32.5 Å². The summed E-state index contributed by atoms with van der Waals surface area (Å²) in [6, 6.07) is 0.208. The number of nitrogens with zero attached hydrogens (tertiary/aromatic N) is 3. The van der Waals surface area contributed by atoms with E-state index < -0.39 is 0 Å². The van der Waals surface area contributed by atoms with E-state index in [-0.39, 0.29) is 18.4 Å². The van der Waals surface area contributed by atoms with Gasteiger partial charge in [0.15, 0.2) is 0 Å². The second-order valence-electron chi connectivity index (χ2n) is 1.81. The van der Waals surface area contributed by atoms with Crippen molar-refractivity contribution < 1.29 is 0 Å². The van der Waals surface area contributed by atoms with Gasteiger partial charge in [-0.3, -0.25) is 4.99 Å². The van der Waals surface area contributed by atoms with E-state index in [1.54, 1.807) is 7.05 Å².